The Kier molecular flexibility index (Phi) is 3.28. The molecule has 0 aliphatic heterocycles. The normalized spacial score (nSPS) is 20.4. The van der Waals surface area contributed by atoms with Gasteiger partial charge in [-0.2, -0.15) is 0 Å². The van der Waals surface area contributed by atoms with Crippen LogP contribution < -0.4 is 0 Å². The lowest BCUT2D eigenvalue weighted by Crippen LogP contribution is -2.28. The molecule has 0 bridgehead atoms. The maximum Gasteiger partial charge on any atom is 0.0165 e. The van der Waals surface area contributed by atoms with E-state index in [1.165, 1.54) is 88.3 Å². The van der Waals surface area contributed by atoms with Gasteiger partial charge in [-0.25, -0.2) is 0 Å². The van der Waals surface area contributed by atoms with Crippen LogP contribution >= 0.6 is 0 Å². The lowest BCUT2D eigenvalue weighted by Gasteiger charge is -2.41. The van der Waals surface area contributed by atoms with Gasteiger partial charge in [-0.1, -0.05) is 116 Å². The Labute approximate surface area is 225 Å². The summed E-state index contributed by atoms with van der Waals surface area (Å²) in [5.41, 5.74) is 18.0. The summed E-state index contributed by atoms with van der Waals surface area (Å²) in [6.07, 6.45) is 0. The summed E-state index contributed by atoms with van der Waals surface area (Å²) in [7, 11) is 0. The van der Waals surface area contributed by atoms with E-state index in [0.717, 1.165) is 0 Å². The van der Waals surface area contributed by atoms with Crippen molar-refractivity contribution in [2.45, 2.75) is 77.0 Å². The fourth-order valence-corrected chi connectivity index (χ4v) is 9.56. The molecule has 0 heterocycles. The SMILES string of the molecule is CC1(C)c2cccc3c2-c2c1ccc1c4c5c6c(ccc5c(c21)C3(C)C)C(C)(C)c1cccc(c1-6)C4(C)C. The third-order valence-electron chi connectivity index (χ3n) is 11.4. The monoisotopic (exact) mass is 490 g/mol. The van der Waals surface area contributed by atoms with E-state index in [0.29, 0.717) is 0 Å². The summed E-state index contributed by atoms with van der Waals surface area (Å²) in [6.45, 7) is 19.6. The highest BCUT2D eigenvalue weighted by molar-refractivity contribution is 6.21. The third kappa shape index (κ3) is 1.91. The minimum Gasteiger partial charge on any atom is -0.0616 e. The summed E-state index contributed by atoms with van der Waals surface area (Å²) in [4.78, 5) is 0. The first-order chi connectivity index (χ1) is 17.9. The van der Waals surface area contributed by atoms with Gasteiger partial charge < -0.3 is 0 Å². The zero-order valence-electron chi connectivity index (χ0n) is 23.8. The van der Waals surface area contributed by atoms with Crippen LogP contribution in [0.2, 0.25) is 0 Å². The average molecular weight is 491 g/mol. The van der Waals surface area contributed by atoms with Gasteiger partial charge in [0.2, 0.25) is 0 Å². The fourth-order valence-electron chi connectivity index (χ4n) is 9.56. The van der Waals surface area contributed by atoms with Gasteiger partial charge in [0.25, 0.3) is 0 Å². The molecule has 0 saturated carbocycles. The van der Waals surface area contributed by atoms with Crippen LogP contribution in [0.4, 0.5) is 0 Å². The van der Waals surface area contributed by atoms with Crippen LogP contribution in [0.25, 0.3) is 43.8 Å². The quantitative estimate of drug-likeness (QED) is 0.189. The van der Waals surface area contributed by atoms with Gasteiger partial charge in [0, 0.05) is 21.7 Å². The number of hydrogen-bond acceptors (Lipinski definition) is 0. The molecule has 0 unspecified atom stereocenters. The van der Waals surface area contributed by atoms with Crippen molar-refractivity contribution in [1.82, 2.24) is 0 Å². The second-order valence-corrected chi connectivity index (χ2v) is 14.5. The summed E-state index contributed by atoms with van der Waals surface area (Å²) in [6, 6.07) is 24.1. The van der Waals surface area contributed by atoms with Crippen LogP contribution in [0.3, 0.4) is 0 Å². The van der Waals surface area contributed by atoms with Gasteiger partial charge in [-0.15, -0.1) is 0 Å². The molecule has 5 aromatic carbocycles. The third-order valence-corrected chi connectivity index (χ3v) is 11.4. The van der Waals surface area contributed by atoms with E-state index < -0.39 is 0 Å². The van der Waals surface area contributed by atoms with Gasteiger partial charge in [-0.05, 0) is 88.3 Å². The lowest BCUT2D eigenvalue weighted by molar-refractivity contribution is 0.638. The topological polar surface area (TPSA) is 0 Å². The highest BCUT2D eigenvalue weighted by Crippen LogP contribution is 2.65. The van der Waals surface area contributed by atoms with E-state index in [-0.39, 0.29) is 21.7 Å². The molecule has 0 saturated heterocycles. The average Bonchev–Trinajstić information content (AvgIpc) is 3.25. The Bertz CT molecular complexity index is 1860. The molecule has 4 aliphatic carbocycles. The van der Waals surface area contributed by atoms with E-state index >= 15 is 0 Å². The molecule has 0 heteroatoms. The molecule has 0 fully saturated rings. The van der Waals surface area contributed by atoms with Crippen molar-refractivity contribution in [3.63, 3.8) is 0 Å². The molecule has 0 spiro atoms. The zero-order chi connectivity index (χ0) is 26.3. The molecule has 0 atom stereocenters. The van der Waals surface area contributed by atoms with Crippen molar-refractivity contribution in [3.8, 4) is 22.3 Å². The highest BCUT2D eigenvalue weighted by Gasteiger charge is 2.49. The van der Waals surface area contributed by atoms with Crippen LogP contribution in [0.1, 0.15) is 99.9 Å². The molecular weight excluding hydrogens is 456 g/mol. The molecule has 0 amide bonds. The second kappa shape index (κ2) is 5.79. The largest absolute Gasteiger partial charge is 0.0616 e. The smallest absolute Gasteiger partial charge is 0.0165 e. The number of fused-ring (bicyclic) bond motifs is 2. The maximum atomic E-state index is 2.50. The van der Waals surface area contributed by atoms with Crippen LogP contribution in [-0.4, -0.2) is 0 Å². The summed E-state index contributed by atoms with van der Waals surface area (Å²) in [5.74, 6) is 0. The Hall–Kier alpha value is -3.38. The first-order valence-corrected chi connectivity index (χ1v) is 14.3. The molecule has 186 valence electrons. The van der Waals surface area contributed by atoms with Crippen molar-refractivity contribution in [1.29, 1.82) is 0 Å². The second-order valence-electron chi connectivity index (χ2n) is 14.5. The Morgan fingerprint density at radius 1 is 0.342 bits per heavy atom. The zero-order valence-corrected chi connectivity index (χ0v) is 23.8. The molecule has 9 rings (SSSR count). The molecule has 4 aliphatic rings. The fraction of sp³-hybridized carbons (Fsp3) is 0.316. The Morgan fingerprint density at radius 3 is 1.03 bits per heavy atom. The van der Waals surface area contributed by atoms with Crippen LogP contribution in [0, 0.1) is 0 Å². The van der Waals surface area contributed by atoms with Crippen molar-refractivity contribution in [2.75, 3.05) is 0 Å². The predicted octanol–water partition coefficient (Wildman–Crippen LogP) is 9.88. The van der Waals surface area contributed by atoms with Crippen molar-refractivity contribution >= 4 is 21.5 Å². The standard InChI is InChI=1S/C38H34/c1-35(2)21-11-9-13-23-29(21)31-25(35)17-15-19-27(31)33(37(23,5)6)20-16-18-26-32-28(20)34(19)38(7,8)24-14-10-12-22(30(24)32)36(26,3)4/h9-18H,1-8H3. The number of benzene rings is 5. The van der Waals surface area contributed by atoms with Gasteiger partial charge in [0.15, 0.2) is 0 Å². The van der Waals surface area contributed by atoms with E-state index in [2.05, 4.69) is 116 Å². The van der Waals surface area contributed by atoms with Gasteiger partial charge in [-0.3, -0.25) is 0 Å². The van der Waals surface area contributed by atoms with Gasteiger partial charge in [0.1, 0.15) is 0 Å². The van der Waals surface area contributed by atoms with Crippen LogP contribution in [0.15, 0.2) is 60.7 Å². The van der Waals surface area contributed by atoms with E-state index in [1.54, 1.807) is 0 Å². The minimum atomic E-state index is -0.0829. The molecule has 0 N–H and O–H groups in total. The van der Waals surface area contributed by atoms with Crippen LogP contribution in [-0.2, 0) is 21.7 Å². The van der Waals surface area contributed by atoms with Crippen molar-refractivity contribution < 1.29 is 0 Å². The first kappa shape index (κ1) is 21.5. The molecular formula is C38H34. The molecule has 5 aromatic rings. The molecule has 0 nitrogen and oxygen atoms in total. The van der Waals surface area contributed by atoms with E-state index in [9.17, 15) is 0 Å². The first-order valence-electron chi connectivity index (χ1n) is 14.3. The van der Waals surface area contributed by atoms with Gasteiger partial charge >= 0.3 is 0 Å². The Morgan fingerprint density at radius 2 is 0.658 bits per heavy atom. The number of rotatable bonds is 0. The van der Waals surface area contributed by atoms with E-state index in [1.807, 2.05) is 0 Å². The van der Waals surface area contributed by atoms with Crippen LogP contribution in [0.5, 0.6) is 0 Å². The Balaban J connectivity index is 1.63. The number of hydrogen-bond donors (Lipinski definition) is 0. The minimum absolute atomic E-state index is 0.0116. The van der Waals surface area contributed by atoms with Gasteiger partial charge in [0.05, 0.1) is 0 Å². The summed E-state index contributed by atoms with van der Waals surface area (Å²) < 4.78 is 0. The lowest BCUT2D eigenvalue weighted by atomic mass is 9.61. The molecule has 0 aromatic heterocycles. The highest BCUT2D eigenvalue weighted by atomic mass is 14.5. The predicted molar refractivity (Wildman–Crippen MR) is 161 cm³/mol. The van der Waals surface area contributed by atoms with E-state index in [4.69, 9.17) is 0 Å². The summed E-state index contributed by atoms with van der Waals surface area (Å²) >= 11 is 0. The molecule has 0 radical (unpaired) electrons. The maximum absolute atomic E-state index is 2.50. The van der Waals surface area contributed by atoms with Crippen molar-refractivity contribution in [2.24, 2.45) is 0 Å². The van der Waals surface area contributed by atoms with Crippen molar-refractivity contribution in [3.05, 3.63) is 105 Å². The molecule has 38 heavy (non-hydrogen) atoms. The summed E-state index contributed by atoms with van der Waals surface area (Å²) in [5, 5.41) is 5.98.